The van der Waals surface area contributed by atoms with Crippen molar-refractivity contribution < 1.29 is 0 Å². The van der Waals surface area contributed by atoms with E-state index in [0.717, 1.165) is 43.9 Å². The van der Waals surface area contributed by atoms with Crippen LogP contribution in [-0.2, 0) is 6.54 Å². The maximum absolute atomic E-state index is 5.78. The minimum absolute atomic E-state index is 0.242. The first-order valence-corrected chi connectivity index (χ1v) is 9.29. The molecule has 5 heteroatoms. The van der Waals surface area contributed by atoms with E-state index in [-0.39, 0.29) is 5.88 Å². The molecule has 0 saturated carbocycles. The summed E-state index contributed by atoms with van der Waals surface area (Å²) in [6, 6.07) is 19.1. The Bertz CT molecular complexity index is 694. The van der Waals surface area contributed by atoms with E-state index >= 15 is 0 Å². The molecule has 132 valence electrons. The number of piperidine rings is 1. The zero-order chi connectivity index (χ0) is 17.5. The van der Waals surface area contributed by atoms with Crippen molar-refractivity contribution in [1.82, 2.24) is 4.90 Å². The molecule has 1 heterocycles. The summed E-state index contributed by atoms with van der Waals surface area (Å²) in [6.07, 6.45) is 2.24. The average Bonchev–Trinajstić information content (AvgIpc) is 2.65. The van der Waals surface area contributed by atoms with E-state index in [2.05, 4.69) is 51.6 Å². The average molecular weight is 357 g/mol. The lowest BCUT2D eigenvalue weighted by molar-refractivity contribution is 0.211. The van der Waals surface area contributed by atoms with Gasteiger partial charge in [-0.05, 0) is 30.5 Å². The highest BCUT2D eigenvalue weighted by molar-refractivity contribution is 6.28. The highest BCUT2D eigenvalue weighted by atomic mass is 35.5. The van der Waals surface area contributed by atoms with E-state index in [4.69, 9.17) is 17.3 Å². The SMILES string of the molecule is NC(CCl)=Nc1ccccc1NC1CCN(Cc2ccccc2)CC1. The van der Waals surface area contributed by atoms with Crippen LogP contribution in [0, 0.1) is 0 Å². The van der Waals surface area contributed by atoms with Gasteiger partial charge >= 0.3 is 0 Å². The molecule has 1 saturated heterocycles. The first kappa shape index (κ1) is 17.8. The van der Waals surface area contributed by atoms with Gasteiger partial charge in [-0.2, -0.15) is 0 Å². The third-order valence-corrected chi connectivity index (χ3v) is 4.78. The van der Waals surface area contributed by atoms with Gasteiger partial charge in [-0.15, -0.1) is 11.6 Å². The standard InChI is InChI=1S/C20H25ClN4/c21-14-20(22)24-19-9-5-4-8-18(19)23-17-10-12-25(13-11-17)15-16-6-2-1-3-7-16/h1-9,17,23H,10-15H2,(H2,22,24). The number of hydrogen-bond donors (Lipinski definition) is 2. The first-order valence-electron chi connectivity index (χ1n) is 8.75. The number of halogens is 1. The number of para-hydroxylation sites is 2. The van der Waals surface area contributed by atoms with Gasteiger partial charge in [-0.1, -0.05) is 42.5 Å². The van der Waals surface area contributed by atoms with Crippen LogP contribution in [0.2, 0.25) is 0 Å². The predicted octanol–water partition coefficient (Wildman–Crippen LogP) is 3.99. The van der Waals surface area contributed by atoms with Gasteiger partial charge in [0, 0.05) is 25.7 Å². The summed E-state index contributed by atoms with van der Waals surface area (Å²) >= 11 is 5.75. The lowest BCUT2D eigenvalue weighted by Gasteiger charge is -2.33. The van der Waals surface area contributed by atoms with E-state index in [0.29, 0.717) is 11.9 Å². The second kappa shape index (κ2) is 8.88. The molecule has 1 aliphatic rings. The van der Waals surface area contributed by atoms with Gasteiger partial charge in [0.25, 0.3) is 0 Å². The third kappa shape index (κ3) is 5.21. The summed E-state index contributed by atoms with van der Waals surface area (Å²) in [4.78, 5) is 6.92. The van der Waals surface area contributed by atoms with Crippen molar-refractivity contribution in [2.24, 2.45) is 10.7 Å². The first-order chi connectivity index (χ1) is 12.2. The Morgan fingerprint density at radius 3 is 2.48 bits per heavy atom. The van der Waals surface area contributed by atoms with Gasteiger partial charge < -0.3 is 11.1 Å². The van der Waals surface area contributed by atoms with Crippen molar-refractivity contribution in [2.45, 2.75) is 25.4 Å². The number of nitrogens with one attached hydrogen (secondary N) is 1. The maximum Gasteiger partial charge on any atom is 0.115 e. The van der Waals surface area contributed by atoms with Gasteiger partial charge in [0.05, 0.1) is 17.3 Å². The zero-order valence-corrected chi connectivity index (χ0v) is 15.1. The molecule has 0 spiro atoms. The van der Waals surface area contributed by atoms with Crippen LogP contribution in [0.25, 0.3) is 0 Å². The van der Waals surface area contributed by atoms with Crippen molar-refractivity contribution >= 4 is 28.8 Å². The van der Waals surface area contributed by atoms with E-state index < -0.39 is 0 Å². The minimum atomic E-state index is 0.242. The second-order valence-electron chi connectivity index (χ2n) is 6.43. The van der Waals surface area contributed by atoms with Gasteiger partial charge in [-0.3, -0.25) is 4.90 Å². The van der Waals surface area contributed by atoms with Crippen LogP contribution in [0.3, 0.4) is 0 Å². The third-order valence-electron chi connectivity index (χ3n) is 4.50. The normalized spacial score (nSPS) is 16.8. The minimum Gasteiger partial charge on any atom is -0.386 e. The van der Waals surface area contributed by atoms with Crippen LogP contribution in [0.1, 0.15) is 18.4 Å². The van der Waals surface area contributed by atoms with Crippen LogP contribution in [0.15, 0.2) is 59.6 Å². The quantitative estimate of drug-likeness (QED) is 0.467. The Morgan fingerprint density at radius 1 is 1.08 bits per heavy atom. The Balaban J connectivity index is 1.56. The number of hydrogen-bond acceptors (Lipinski definition) is 3. The van der Waals surface area contributed by atoms with Crippen LogP contribution in [-0.4, -0.2) is 35.7 Å². The smallest absolute Gasteiger partial charge is 0.115 e. The molecule has 0 bridgehead atoms. The van der Waals surface area contributed by atoms with Crippen molar-refractivity contribution in [3.8, 4) is 0 Å². The fourth-order valence-corrected chi connectivity index (χ4v) is 3.23. The monoisotopic (exact) mass is 356 g/mol. The molecular formula is C20H25ClN4. The van der Waals surface area contributed by atoms with E-state index in [9.17, 15) is 0 Å². The number of amidine groups is 1. The number of aliphatic imine (C=N–C) groups is 1. The molecule has 0 unspecified atom stereocenters. The number of alkyl halides is 1. The molecule has 2 aromatic carbocycles. The summed E-state index contributed by atoms with van der Waals surface area (Å²) < 4.78 is 0. The van der Waals surface area contributed by atoms with Crippen molar-refractivity contribution in [3.05, 3.63) is 60.2 Å². The molecule has 3 rings (SSSR count). The molecule has 1 aliphatic heterocycles. The fourth-order valence-electron chi connectivity index (χ4n) is 3.17. The molecule has 1 fully saturated rings. The zero-order valence-electron chi connectivity index (χ0n) is 14.4. The predicted molar refractivity (Wildman–Crippen MR) is 107 cm³/mol. The Morgan fingerprint density at radius 2 is 1.76 bits per heavy atom. The van der Waals surface area contributed by atoms with Gasteiger partial charge in [0.15, 0.2) is 0 Å². The fraction of sp³-hybridized carbons (Fsp3) is 0.350. The molecule has 0 radical (unpaired) electrons. The number of anilines is 1. The summed E-state index contributed by atoms with van der Waals surface area (Å²) in [5, 5.41) is 3.63. The lowest BCUT2D eigenvalue weighted by atomic mass is 10.0. The lowest BCUT2D eigenvalue weighted by Crippen LogP contribution is -2.38. The number of rotatable bonds is 6. The molecule has 2 aromatic rings. The van der Waals surface area contributed by atoms with E-state index in [1.54, 1.807) is 0 Å². The van der Waals surface area contributed by atoms with Crippen molar-refractivity contribution in [2.75, 3.05) is 24.3 Å². The second-order valence-corrected chi connectivity index (χ2v) is 6.70. The summed E-state index contributed by atoms with van der Waals surface area (Å²) in [5.74, 6) is 0.681. The molecular weight excluding hydrogens is 332 g/mol. The molecule has 3 N–H and O–H groups in total. The van der Waals surface area contributed by atoms with Crippen LogP contribution >= 0.6 is 11.6 Å². The van der Waals surface area contributed by atoms with Crippen molar-refractivity contribution in [3.63, 3.8) is 0 Å². The van der Waals surface area contributed by atoms with Crippen molar-refractivity contribution in [1.29, 1.82) is 0 Å². The summed E-state index contributed by atoms with van der Waals surface area (Å²) in [6.45, 7) is 3.23. The van der Waals surface area contributed by atoms with Crippen LogP contribution in [0.4, 0.5) is 11.4 Å². The number of nitrogens with zero attached hydrogens (tertiary/aromatic N) is 2. The van der Waals surface area contributed by atoms with Gasteiger partial charge in [-0.25, -0.2) is 4.99 Å². The molecule has 0 amide bonds. The number of benzene rings is 2. The molecule has 0 aliphatic carbocycles. The van der Waals surface area contributed by atoms with Crippen LogP contribution in [0.5, 0.6) is 0 Å². The molecule has 0 atom stereocenters. The largest absolute Gasteiger partial charge is 0.386 e. The summed E-state index contributed by atoms with van der Waals surface area (Å²) in [7, 11) is 0. The maximum atomic E-state index is 5.78. The Hall–Kier alpha value is -2.04. The Kier molecular flexibility index (Phi) is 6.31. The van der Waals surface area contributed by atoms with Gasteiger partial charge in [0.2, 0.25) is 0 Å². The summed E-state index contributed by atoms with van der Waals surface area (Å²) in [5.41, 5.74) is 9.04. The highest BCUT2D eigenvalue weighted by Crippen LogP contribution is 2.27. The van der Waals surface area contributed by atoms with Gasteiger partial charge in [0.1, 0.15) is 5.84 Å². The Labute approximate surface area is 154 Å². The number of nitrogens with two attached hydrogens (primary N) is 1. The number of likely N-dealkylation sites (tertiary alicyclic amines) is 1. The highest BCUT2D eigenvalue weighted by Gasteiger charge is 2.19. The topological polar surface area (TPSA) is 53.6 Å². The van der Waals surface area contributed by atoms with E-state index in [1.165, 1.54) is 5.56 Å². The van der Waals surface area contributed by atoms with E-state index in [1.807, 2.05) is 18.2 Å². The molecule has 4 nitrogen and oxygen atoms in total. The molecule has 0 aromatic heterocycles. The van der Waals surface area contributed by atoms with Crippen LogP contribution < -0.4 is 11.1 Å². The molecule has 25 heavy (non-hydrogen) atoms.